The summed E-state index contributed by atoms with van der Waals surface area (Å²) >= 11 is 15.7. The quantitative estimate of drug-likeness (QED) is 0.196. The topological polar surface area (TPSA) is 89.0 Å². The Kier molecular flexibility index (Phi) is 10.4. The molecular formula is C27H26BrCl2N3O4. The van der Waals surface area contributed by atoms with Crippen molar-refractivity contribution in [1.29, 1.82) is 0 Å². The van der Waals surface area contributed by atoms with Gasteiger partial charge in [0.15, 0.2) is 11.5 Å². The molecule has 3 aromatic carbocycles. The van der Waals surface area contributed by atoms with E-state index in [9.17, 15) is 9.59 Å². The number of carbonyl (C=O) groups excluding carboxylic acids is 2. The highest BCUT2D eigenvalue weighted by Crippen LogP contribution is 2.37. The summed E-state index contributed by atoms with van der Waals surface area (Å²) in [6.07, 6.45) is 1.51. The Labute approximate surface area is 234 Å². The SMILES string of the molecule is COc1cc(C=NNC(=O)CCC(=O)Nc2cc(C)ccc2C)cc(Br)c1OCc1ccc(Cl)cc1Cl. The molecule has 0 aliphatic carbocycles. The van der Waals surface area contributed by atoms with Crippen LogP contribution in [0, 0.1) is 13.8 Å². The summed E-state index contributed by atoms with van der Waals surface area (Å²) in [5, 5.41) is 7.87. The molecule has 0 aliphatic rings. The number of rotatable bonds is 10. The van der Waals surface area contributed by atoms with Crippen molar-refractivity contribution < 1.29 is 19.1 Å². The molecule has 3 rings (SSSR count). The van der Waals surface area contributed by atoms with Crippen molar-refractivity contribution in [1.82, 2.24) is 5.43 Å². The highest BCUT2D eigenvalue weighted by Gasteiger charge is 2.13. The Balaban J connectivity index is 1.54. The predicted molar refractivity (Wildman–Crippen MR) is 151 cm³/mol. The molecule has 0 saturated carbocycles. The lowest BCUT2D eigenvalue weighted by Crippen LogP contribution is -2.21. The van der Waals surface area contributed by atoms with Crippen molar-refractivity contribution >= 4 is 62.8 Å². The van der Waals surface area contributed by atoms with Gasteiger partial charge in [-0.25, -0.2) is 5.43 Å². The third-order valence-corrected chi connectivity index (χ3v) is 6.46. The minimum absolute atomic E-state index is 0.00108. The molecule has 37 heavy (non-hydrogen) atoms. The van der Waals surface area contributed by atoms with E-state index in [1.165, 1.54) is 13.3 Å². The van der Waals surface area contributed by atoms with Crippen LogP contribution in [0.5, 0.6) is 11.5 Å². The standard InChI is InChI=1S/C27H26BrCl2N3O4/c1-16-4-5-17(2)23(10-16)32-25(34)8-9-26(35)33-31-14-18-11-21(28)27(24(12-18)36-3)37-15-19-6-7-20(29)13-22(19)30/h4-7,10-14H,8-9,15H2,1-3H3,(H,32,34)(H,33,35). The molecule has 0 aliphatic heterocycles. The third-order valence-electron chi connectivity index (χ3n) is 5.29. The van der Waals surface area contributed by atoms with Gasteiger partial charge in [0.1, 0.15) is 6.61 Å². The molecular weight excluding hydrogens is 581 g/mol. The third kappa shape index (κ3) is 8.49. The second kappa shape index (κ2) is 13.5. The molecule has 0 aromatic heterocycles. The number of ether oxygens (including phenoxy) is 2. The number of hydrazone groups is 1. The average molecular weight is 607 g/mol. The van der Waals surface area contributed by atoms with E-state index in [0.717, 1.165) is 22.4 Å². The van der Waals surface area contributed by atoms with Gasteiger partial charge in [-0.2, -0.15) is 5.10 Å². The summed E-state index contributed by atoms with van der Waals surface area (Å²) in [7, 11) is 1.52. The summed E-state index contributed by atoms with van der Waals surface area (Å²) in [6.45, 7) is 4.08. The zero-order valence-electron chi connectivity index (χ0n) is 20.5. The van der Waals surface area contributed by atoms with Gasteiger partial charge < -0.3 is 14.8 Å². The molecule has 0 atom stereocenters. The number of hydrogen-bond acceptors (Lipinski definition) is 5. The fraction of sp³-hybridized carbons (Fsp3) is 0.222. The number of amides is 2. The number of hydrogen-bond donors (Lipinski definition) is 2. The number of aryl methyl sites for hydroxylation is 2. The highest BCUT2D eigenvalue weighted by molar-refractivity contribution is 9.10. The first-order chi connectivity index (χ1) is 17.7. The lowest BCUT2D eigenvalue weighted by atomic mass is 10.1. The lowest BCUT2D eigenvalue weighted by molar-refractivity contribution is -0.124. The van der Waals surface area contributed by atoms with E-state index in [0.29, 0.717) is 31.6 Å². The van der Waals surface area contributed by atoms with Gasteiger partial charge in [-0.05, 0) is 76.8 Å². The largest absolute Gasteiger partial charge is 0.493 e. The highest BCUT2D eigenvalue weighted by atomic mass is 79.9. The predicted octanol–water partition coefficient (Wildman–Crippen LogP) is 6.83. The molecule has 2 amide bonds. The molecule has 7 nitrogen and oxygen atoms in total. The molecule has 194 valence electrons. The first-order valence-electron chi connectivity index (χ1n) is 11.3. The van der Waals surface area contributed by atoms with Gasteiger partial charge in [0.05, 0.1) is 17.8 Å². The summed E-state index contributed by atoms with van der Waals surface area (Å²) < 4.78 is 12.0. The van der Waals surface area contributed by atoms with Crippen LogP contribution >= 0.6 is 39.1 Å². The van der Waals surface area contributed by atoms with E-state index in [2.05, 4.69) is 31.8 Å². The van der Waals surface area contributed by atoms with E-state index in [1.807, 2.05) is 32.0 Å². The van der Waals surface area contributed by atoms with Crippen LogP contribution in [0.4, 0.5) is 5.69 Å². The monoisotopic (exact) mass is 605 g/mol. The van der Waals surface area contributed by atoms with Gasteiger partial charge in [-0.15, -0.1) is 0 Å². The first-order valence-corrected chi connectivity index (χ1v) is 12.8. The molecule has 0 spiro atoms. The van der Waals surface area contributed by atoms with Gasteiger partial charge >= 0.3 is 0 Å². The van der Waals surface area contributed by atoms with Crippen LogP contribution in [-0.2, 0) is 16.2 Å². The Hall–Kier alpha value is -3.07. The lowest BCUT2D eigenvalue weighted by Gasteiger charge is -2.14. The number of anilines is 1. The van der Waals surface area contributed by atoms with E-state index in [1.54, 1.807) is 30.3 Å². The van der Waals surface area contributed by atoms with E-state index < -0.39 is 0 Å². The van der Waals surface area contributed by atoms with Gasteiger partial charge in [0.25, 0.3) is 0 Å². The van der Waals surface area contributed by atoms with Crippen LogP contribution in [0.2, 0.25) is 10.0 Å². The van der Waals surface area contributed by atoms with Crippen LogP contribution in [0.3, 0.4) is 0 Å². The maximum Gasteiger partial charge on any atom is 0.240 e. The maximum absolute atomic E-state index is 12.2. The second-order valence-electron chi connectivity index (χ2n) is 8.22. The van der Waals surface area contributed by atoms with E-state index in [4.69, 9.17) is 32.7 Å². The minimum atomic E-state index is -0.377. The zero-order chi connectivity index (χ0) is 26.9. The zero-order valence-corrected chi connectivity index (χ0v) is 23.6. The summed E-state index contributed by atoms with van der Waals surface area (Å²) in [4.78, 5) is 24.4. The van der Waals surface area contributed by atoms with Gasteiger partial charge in [-0.3, -0.25) is 9.59 Å². The normalized spacial score (nSPS) is 10.9. The molecule has 0 saturated heterocycles. The molecule has 10 heteroatoms. The van der Waals surface area contributed by atoms with E-state index >= 15 is 0 Å². The molecule has 0 unspecified atom stereocenters. The van der Waals surface area contributed by atoms with Crippen LogP contribution in [-0.4, -0.2) is 25.1 Å². The van der Waals surface area contributed by atoms with Crippen LogP contribution in [0.1, 0.15) is 35.1 Å². The van der Waals surface area contributed by atoms with Crippen molar-refractivity contribution in [3.05, 3.63) is 85.3 Å². The average Bonchev–Trinajstić information content (AvgIpc) is 2.85. The van der Waals surface area contributed by atoms with Gasteiger partial charge in [0.2, 0.25) is 11.8 Å². The van der Waals surface area contributed by atoms with Crippen LogP contribution in [0.15, 0.2) is 58.1 Å². The van der Waals surface area contributed by atoms with Gasteiger partial charge in [0, 0.05) is 34.1 Å². The van der Waals surface area contributed by atoms with E-state index in [-0.39, 0.29) is 31.3 Å². The number of nitrogens with one attached hydrogen (secondary N) is 2. The van der Waals surface area contributed by atoms with Gasteiger partial charge in [-0.1, -0.05) is 41.4 Å². The van der Waals surface area contributed by atoms with Crippen molar-refractivity contribution in [3.8, 4) is 11.5 Å². The minimum Gasteiger partial charge on any atom is -0.493 e. The number of benzene rings is 3. The Morgan fingerprint density at radius 3 is 2.51 bits per heavy atom. The molecule has 2 N–H and O–H groups in total. The Morgan fingerprint density at radius 2 is 1.78 bits per heavy atom. The maximum atomic E-state index is 12.2. The van der Waals surface area contributed by atoms with Crippen molar-refractivity contribution in [3.63, 3.8) is 0 Å². The summed E-state index contributed by atoms with van der Waals surface area (Å²) in [5.41, 5.74) is 6.62. The first kappa shape index (κ1) is 28.5. The van der Waals surface area contributed by atoms with Crippen molar-refractivity contribution in [2.75, 3.05) is 12.4 Å². The molecule has 0 heterocycles. The molecule has 0 fully saturated rings. The molecule has 0 radical (unpaired) electrons. The van der Waals surface area contributed by atoms with Crippen LogP contribution < -0.4 is 20.2 Å². The number of nitrogens with zero attached hydrogens (tertiary/aromatic N) is 1. The summed E-state index contributed by atoms with van der Waals surface area (Å²) in [6, 6.07) is 14.5. The molecule has 3 aromatic rings. The van der Waals surface area contributed by atoms with Crippen molar-refractivity contribution in [2.45, 2.75) is 33.3 Å². The fourth-order valence-corrected chi connectivity index (χ4v) is 4.33. The smallest absolute Gasteiger partial charge is 0.240 e. The Bertz CT molecular complexity index is 1330. The number of methoxy groups -OCH3 is 1. The fourth-order valence-electron chi connectivity index (χ4n) is 3.29. The Morgan fingerprint density at radius 1 is 1.03 bits per heavy atom. The second-order valence-corrected chi connectivity index (χ2v) is 9.92. The van der Waals surface area contributed by atoms with Crippen LogP contribution in [0.25, 0.3) is 0 Å². The molecule has 0 bridgehead atoms. The summed E-state index contributed by atoms with van der Waals surface area (Å²) in [5.74, 6) is 0.343. The number of carbonyl (C=O) groups is 2. The number of halogens is 3. The van der Waals surface area contributed by atoms with Crippen molar-refractivity contribution in [2.24, 2.45) is 5.10 Å².